The Morgan fingerprint density at radius 1 is 1.24 bits per heavy atom. The van der Waals surface area contributed by atoms with Gasteiger partial charge in [-0.2, -0.15) is 18.9 Å². The van der Waals surface area contributed by atoms with E-state index < -0.39 is 10.4 Å². The zero-order chi connectivity index (χ0) is 13.5. The second kappa shape index (κ2) is 6.42. The normalized spacial score (nSPS) is 9.24. The predicted molar refractivity (Wildman–Crippen MR) is 57.9 cm³/mol. The molecule has 0 saturated heterocycles. The van der Waals surface area contributed by atoms with Crippen LogP contribution >= 0.6 is 0 Å². The lowest BCUT2D eigenvalue weighted by Gasteiger charge is -2.00. The first kappa shape index (κ1) is 14.8. The number of benzene rings is 1. The number of nitrogens with zero attached hydrogens (tertiary/aromatic N) is 2. The summed E-state index contributed by atoms with van der Waals surface area (Å²) in [5, 5.41) is 17.1. The van der Waals surface area contributed by atoms with Crippen LogP contribution in [0.25, 0.3) is 0 Å². The van der Waals surface area contributed by atoms with Gasteiger partial charge in [-0.3, -0.25) is 14.9 Å². The molecular weight excluding hydrogens is 248 g/mol. The number of hydrazine groups is 1. The van der Waals surface area contributed by atoms with E-state index in [2.05, 4.69) is 5.43 Å². The van der Waals surface area contributed by atoms with Crippen LogP contribution in [-0.4, -0.2) is 17.5 Å². The van der Waals surface area contributed by atoms with Gasteiger partial charge in [-0.15, -0.1) is 0 Å². The van der Waals surface area contributed by atoms with Crippen LogP contribution < -0.4 is 11.3 Å². The zero-order valence-corrected chi connectivity index (χ0v) is 9.14. The molecule has 17 heavy (non-hydrogen) atoms. The van der Waals surface area contributed by atoms with Gasteiger partial charge >= 0.3 is 10.4 Å². The van der Waals surface area contributed by atoms with Gasteiger partial charge in [-0.1, -0.05) is 0 Å². The summed E-state index contributed by atoms with van der Waals surface area (Å²) >= 11 is 0. The van der Waals surface area contributed by atoms with Crippen LogP contribution in [0.1, 0.15) is 11.1 Å². The van der Waals surface area contributed by atoms with Crippen molar-refractivity contribution in [1.82, 2.24) is 0 Å². The maximum absolute atomic E-state index is 8.74. The minimum atomic E-state index is -4.67. The smallest absolute Gasteiger partial charge is 0.323 e. The van der Waals surface area contributed by atoms with Crippen molar-refractivity contribution in [3.63, 3.8) is 0 Å². The molecular formula is C8H8N4O4S. The molecule has 0 radical (unpaired) electrons. The number of anilines is 1. The molecule has 1 aromatic carbocycles. The number of hydrogen-bond acceptors (Lipinski definition) is 6. The van der Waals surface area contributed by atoms with Crippen LogP contribution in [0.5, 0.6) is 0 Å². The van der Waals surface area contributed by atoms with E-state index in [1.807, 2.05) is 12.1 Å². The van der Waals surface area contributed by atoms with Gasteiger partial charge in [0.05, 0.1) is 22.9 Å². The highest BCUT2D eigenvalue weighted by Gasteiger charge is 2.00. The molecule has 0 heterocycles. The number of rotatable bonds is 1. The number of hydrogen-bond donors (Lipinski definition) is 4. The molecule has 0 unspecified atom stereocenters. The van der Waals surface area contributed by atoms with E-state index in [0.29, 0.717) is 16.8 Å². The molecule has 90 valence electrons. The Morgan fingerprint density at radius 3 is 2.12 bits per heavy atom. The summed E-state index contributed by atoms with van der Waals surface area (Å²) in [5.41, 5.74) is 3.71. The Hall–Kier alpha value is -2.17. The first-order valence-electron chi connectivity index (χ1n) is 3.92. The van der Waals surface area contributed by atoms with Crippen molar-refractivity contribution in [2.45, 2.75) is 0 Å². The van der Waals surface area contributed by atoms with Gasteiger partial charge in [-0.05, 0) is 18.2 Å². The first-order chi connectivity index (χ1) is 7.81. The SMILES string of the molecule is N#Cc1ccc(NN)c(C#N)c1.O=S(=O)(O)O. The number of nitriles is 2. The molecule has 0 spiro atoms. The molecule has 0 saturated carbocycles. The molecule has 0 aromatic heterocycles. The van der Waals surface area contributed by atoms with Crippen molar-refractivity contribution in [2.75, 3.05) is 5.43 Å². The van der Waals surface area contributed by atoms with E-state index in [-0.39, 0.29) is 0 Å². The van der Waals surface area contributed by atoms with Crippen LogP contribution in [-0.2, 0) is 10.4 Å². The lowest BCUT2D eigenvalue weighted by atomic mass is 10.1. The van der Waals surface area contributed by atoms with Crippen LogP contribution in [0.15, 0.2) is 18.2 Å². The maximum Gasteiger partial charge on any atom is 0.394 e. The number of nitrogen functional groups attached to an aromatic ring is 1. The van der Waals surface area contributed by atoms with Crippen molar-refractivity contribution < 1.29 is 17.5 Å². The molecule has 1 aromatic rings. The number of nitrogens with two attached hydrogens (primary N) is 1. The van der Waals surface area contributed by atoms with Gasteiger partial charge in [0.15, 0.2) is 0 Å². The third-order valence-corrected chi connectivity index (χ3v) is 1.42. The predicted octanol–water partition coefficient (Wildman–Crippen LogP) is 0.0628. The Kier molecular flexibility index (Phi) is 5.60. The van der Waals surface area contributed by atoms with E-state index >= 15 is 0 Å². The third-order valence-electron chi connectivity index (χ3n) is 1.42. The largest absolute Gasteiger partial charge is 0.394 e. The van der Waals surface area contributed by atoms with Gasteiger partial charge in [0.1, 0.15) is 6.07 Å². The van der Waals surface area contributed by atoms with Gasteiger partial charge in [-0.25, -0.2) is 0 Å². The maximum atomic E-state index is 8.74. The molecule has 0 aliphatic rings. The van der Waals surface area contributed by atoms with Crippen molar-refractivity contribution in [2.24, 2.45) is 5.84 Å². The van der Waals surface area contributed by atoms with E-state index in [4.69, 9.17) is 33.9 Å². The van der Waals surface area contributed by atoms with Crippen molar-refractivity contribution in [3.05, 3.63) is 29.3 Å². The van der Waals surface area contributed by atoms with Crippen molar-refractivity contribution in [1.29, 1.82) is 10.5 Å². The van der Waals surface area contributed by atoms with Crippen LogP contribution in [0.3, 0.4) is 0 Å². The van der Waals surface area contributed by atoms with E-state index in [1.165, 1.54) is 6.07 Å². The lowest BCUT2D eigenvalue weighted by Crippen LogP contribution is -2.08. The van der Waals surface area contributed by atoms with Gasteiger partial charge in [0.25, 0.3) is 0 Å². The summed E-state index contributed by atoms with van der Waals surface area (Å²) in [4.78, 5) is 0. The average Bonchev–Trinajstić information content (AvgIpc) is 2.25. The highest BCUT2D eigenvalue weighted by Crippen LogP contribution is 2.14. The highest BCUT2D eigenvalue weighted by atomic mass is 32.3. The van der Waals surface area contributed by atoms with Crippen molar-refractivity contribution >= 4 is 16.1 Å². The van der Waals surface area contributed by atoms with Gasteiger partial charge in [0.2, 0.25) is 0 Å². The molecule has 8 nitrogen and oxygen atoms in total. The molecule has 0 fully saturated rings. The van der Waals surface area contributed by atoms with Crippen LogP contribution in [0.2, 0.25) is 0 Å². The highest BCUT2D eigenvalue weighted by molar-refractivity contribution is 7.79. The lowest BCUT2D eigenvalue weighted by molar-refractivity contribution is 0.381. The third kappa shape index (κ3) is 6.83. The van der Waals surface area contributed by atoms with Crippen LogP contribution in [0, 0.1) is 22.7 Å². The fourth-order valence-corrected chi connectivity index (χ4v) is 0.832. The summed E-state index contributed by atoms with van der Waals surface area (Å²) in [6.45, 7) is 0. The summed E-state index contributed by atoms with van der Waals surface area (Å²) in [7, 11) is -4.67. The topological polar surface area (TPSA) is 160 Å². The summed E-state index contributed by atoms with van der Waals surface area (Å²) in [6.07, 6.45) is 0. The Balaban J connectivity index is 0.000000437. The minimum Gasteiger partial charge on any atom is -0.323 e. The zero-order valence-electron chi connectivity index (χ0n) is 8.32. The van der Waals surface area contributed by atoms with Crippen molar-refractivity contribution in [3.8, 4) is 12.1 Å². The molecule has 0 atom stereocenters. The van der Waals surface area contributed by atoms with E-state index in [0.717, 1.165) is 0 Å². The minimum absolute atomic E-state index is 0.372. The van der Waals surface area contributed by atoms with Crippen LogP contribution in [0.4, 0.5) is 5.69 Å². The Labute approximate surface area is 97.4 Å². The fraction of sp³-hybridized carbons (Fsp3) is 0. The molecule has 0 bridgehead atoms. The fourth-order valence-electron chi connectivity index (χ4n) is 0.832. The monoisotopic (exact) mass is 256 g/mol. The molecule has 0 amide bonds. The summed E-state index contributed by atoms with van der Waals surface area (Å²) in [6, 6.07) is 8.53. The van der Waals surface area contributed by atoms with E-state index in [9.17, 15) is 0 Å². The average molecular weight is 256 g/mol. The molecule has 0 aliphatic carbocycles. The first-order valence-corrected chi connectivity index (χ1v) is 5.32. The van der Waals surface area contributed by atoms with E-state index in [1.54, 1.807) is 12.1 Å². The second-order valence-electron chi connectivity index (χ2n) is 2.58. The Bertz CT molecular complexity index is 562. The molecule has 0 aliphatic heterocycles. The quantitative estimate of drug-likeness (QED) is 0.311. The Morgan fingerprint density at radius 2 is 1.76 bits per heavy atom. The van der Waals surface area contributed by atoms with Gasteiger partial charge in [0, 0.05) is 0 Å². The number of nitrogens with one attached hydrogen (secondary N) is 1. The molecule has 9 heteroatoms. The van der Waals surface area contributed by atoms with Gasteiger partial charge < -0.3 is 5.43 Å². The summed E-state index contributed by atoms with van der Waals surface area (Å²) in [5.74, 6) is 5.13. The second-order valence-corrected chi connectivity index (χ2v) is 3.47. The molecule has 1 rings (SSSR count). The molecule has 5 N–H and O–H groups in total. The standard InChI is InChI=1S/C8H6N4.H2O4S/c9-4-6-1-2-8(12-11)7(3-6)5-10;1-5(2,3)4/h1-3,12H,11H2;(H2,1,2,3,4). The summed E-state index contributed by atoms with van der Waals surface area (Å²) < 4.78 is 31.6.